The van der Waals surface area contributed by atoms with E-state index in [1.54, 1.807) is 7.11 Å². The smallest absolute Gasteiger partial charge is 0.279 e. The molecule has 126 valence electrons. The number of methoxy groups -OCH3 is 1. The summed E-state index contributed by atoms with van der Waals surface area (Å²) in [4.78, 5) is 19.4. The number of hydrogen-bond acceptors (Lipinski definition) is 4. The quantitative estimate of drug-likeness (QED) is 0.643. The number of aromatic amines is 2. The second kappa shape index (κ2) is 6.65. The maximum atomic E-state index is 12.4. The van der Waals surface area contributed by atoms with Crippen LogP contribution in [0.2, 0.25) is 0 Å². The zero-order chi connectivity index (χ0) is 17.1. The van der Waals surface area contributed by atoms with Crippen molar-refractivity contribution >= 4 is 16.9 Å². The van der Waals surface area contributed by atoms with Crippen molar-refractivity contribution in [3.63, 3.8) is 0 Å². The van der Waals surface area contributed by atoms with E-state index in [2.05, 4.69) is 25.5 Å². The molecule has 7 nitrogen and oxygen atoms in total. The van der Waals surface area contributed by atoms with Gasteiger partial charge in [0.25, 0.3) is 12.3 Å². The maximum Gasteiger partial charge on any atom is 0.279 e. The molecule has 24 heavy (non-hydrogen) atoms. The van der Waals surface area contributed by atoms with Gasteiger partial charge in [0.1, 0.15) is 23.0 Å². The van der Waals surface area contributed by atoms with Crippen LogP contribution in [0.4, 0.5) is 8.78 Å². The minimum Gasteiger partial charge on any atom is -0.497 e. The summed E-state index contributed by atoms with van der Waals surface area (Å²) in [6, 6.07) is 6.52. The SMILES string of the molecule is COc1ccc2nc(CCNC(=O)c3cc(C(F)F)[nH]n3)[nH]c2c1. The number of fused-ring (bicyclic) bond motifs is 1. The third-order valence-electron chi connectivity index (χ3n) is 3.45. The number of carbonyl (C=O) groups is 1. The number of hydrogen-bond donors (Lipinski definition) is 3. The van der Waals surface area contributed by atoms with Gasteiger partial charge < -0.3 is 15.0 Å². The Bertz CT molecular complexity index is 859. The van der Waals surface area contributed by atoms with Gasteiger partial charge in [0.05, 0.1) is 18.1 Å². The average molecular weight is 335 g/mol. The lowest BCUT2D eigenvalue weighted by Gasteiger charge is -2.00. The number of halogens is 2. The van der Waals surface area contributed by atoms with Gasteiger partial charge in [-0.2, -0.15) is 5.10 Å². The van der Waals surface area contributed by atoms with Crippen molar-refractivity contribution in [1.82, 2.24) is 25.5 Å². The number of carbonyl (C=O) groups excluding carboxylic acids is 1. The van der Waals surface area contributed by atoms with E-state index in [0.29, 0.717) is 18.8 Å². The van der Waals surface area contributed by atoms with E-state index in [9.17, 15) is 13.6 Å². The third-order valence-corrected chi connectivity index (χ3v) is 3.45. The van der Waals surface area contributed by atoms with Crippen molar-refractivity contribution in [1.29, 1.82) is 0 Å². The molecule has 0 spiro atoms. The predicted octanol–water partition coefficient (Wildman–Crippen LogP) is 2.20. The summed E-state index contributed by atoms with van der Waals surface area (Å²) in [7, 11) is 1.59. The van der Waals surface area contributed by atoms with Crippen molar-refractivity contribution in [2.24, 2.45) is 0 Å². The van der Waals surface area contributed by atoms with Gasteiger partial charge in [-0.3, -0.25) is 9.89 Å². The fourth-order valence-electron chi connectivity index (χ4n) is 2.24. The molecule has 1 aromatic carbocycles. The molecule has 0 aliphatic heterocycles. The van der Waals surface area contributed by atoms with Crippen molar-refractivity contribution in [3.05, 3.63) is 41.5 Å². The lowest BCUT2D eigenvalue weighted by atomic mass is 10.3. The monoisotopic (exact) mass is 335 g/mol. The number of nitrogens with one attached hydrogen (secondary N) is 3. The van der Waals surface area contributed by atoms with Crippen LogP contribution in [0.25, 0.3) is 11.0 Å². The summed E-state index contributed by atoms with van der Waals surface area (Å²) in [6.07, 6.45) is -2.22. The van der Waals surface area contributed by atoms with Crippen molar-refractivity contribution < 1.29 is 18.3 Å². The lowest BCUT2D eigenvalue weighted by Crippen LogP contribution is -2.26. The van der Waals surface area contributed by atoms with Crippen molar-refractivity contribution in [2.75, 3.05) is 13.7 Å². The number of H-pyrrole nitrogens is 2. The van der Waals surface area contributed by atoms with Crippen LogP contribution >= 0.6 is 0 Å². The number of rotatable bonds is 6. The topological polar surface area (TPSA) is 95.7 Å². The first-order chi connectivity index (χ1) is 11.6. The van der Waals surface area contributed by atoms with Gasteiger partial charge in [-0.1, -0.05) is 0 Å². The predicted molar refractivity (Wildman–Crippen MR) is 82.2 cm³/mol. The number of ether oxygens (including phenoxy) is 1. The summed E-state index contributed by atoms with van der Waals surface area (Å²) in [5, 5.41) is 8.31. The molecule has 0 aliphatic rings. The maximum absolute atomic E-state index is 12.4. The molecular formula is C15H15F2N5O2. The largest absolute Gasteiger partial charge is 0.497 e. The number of imidazole rings is 1. The molecule has 2 aromatic heterocycles. The molecule has 0 bridgehead atoms. The third kappa shape index (κ3) is 3.34. The first-order valence-electron chi connectivity index (χ1n) is 7.21. The molecule has 0 unspecified atom stereocenters. The minimum atomic E-state index is -2.69. The molecule has 0 saturated carbocycles. The molecule has 3 N–H and O–H groups in total. The number of aromatic nitrogens is 4. The Hall–Kier alpha value is -2.97. The number of benzene rings is 1. The van der Waals surface area contributed by atoms with Gasteiger partial charge in [-0.05, 0) is 18.2 Å². The van der Waals surface area contributed by atoms with E-state index in [4.69, 9.17) is 4.74 Å². The summed E-state index contributed by atoms with van der Waals surface area (Å²) in [5.41, 5.74) is 1.18. The summed E-state index contributed by atoms with van der Waals surface area (Å²) in [5.74, 6) is 0.907. The van der Waals surface area contributed by atoms with Gasteiger partial charge >= 0.3 is 0 Å². The Morgan fingerprint density at radius 1 is 1.38 bits per heavy atom. The molecule has 1 amide bonds. The summed E-state index contributed by atoms with van der Waals surface area (Å²) >= 11 is 0. The molecule has 0 atom stereocenters. The van der Waals surface area contributed by atoms with Crippen LogP contribution in [0.1, 0.15) is 28.4 Å². The van der Waals surface area contributed by atoms with E-state index in [1.165, 1.54) is 0 Å². The Morgan fingerprint density at radius 3 is 2.92 bits per heavy atom. The Kier molecular flexibility index (Phi) is 4.41. The Labute approximate surface area is 135 Å². The van der Waals surface area contributed by atoms with Crippen LogP contribution in [0.15, 0.2) is 24.3 Å². The summed E-state index contributed by atoms with van der Waals surface area (Å²) in [6.45, 7) is 0.298. The van der Waals surface area contributed by atoms with Crippen LogP contribution in [0.5, 0.6) is 5.75 Å². The first-order valence-corrected chi connectivity index (χ1v) is 7.21. The molecule has 3 rings (SSSR count). The highest BCUT2D eigenvalue weighted by atomic mass is 19.3. The van der Waals surface area contributed by atoms with Gasteiger partial charge in [0, 0.05) is 19.0 Å². The fraction of sp³-hybridized carbons (Fsp3) is 0.267. The van der Waals surface area contributed by atoms with Gasteiger partial charge in [-0.15, -0.1) is 0 Å². The average Bonchev–Trinajstić information content (AvgIpc) is 3.20. The standard InChI is InChI=1S/C15H15F2N5O2/c1-24-8-2-3-9-10(6-8)20-13(19-9)4-5-18-15(23)12-7-11(14(16)17)21-22-12/h2-3,6-7,14H,4-5H2,1H3,(H,18,23)(H,19,20)(H,21,22). The van der Waals surface area contributed by atoms with E-state index in [1.807, 2.05) is 18.2 Å². The number of amides is 1. The lowest BCUT2D eigenvalue weighted by molar-refractivity contribution is 0.0949. The number of nitrogens with zero attached hydrogens (tertiary/aromatic N) is 2. The molecule has 9 heteroatoms. The van der Waals surface area contributed by atoms with Crippen LogP contribution < -0.4 is 10.1 Å². The Morgan fingerprint density at radius 2 is 2.21 bits per heavy atom. The van der Waals surface area contributed by atoms with Crippen LogP contribution in [-0.4, -0.2) is 39.7 Å². The van der Waals surface area contributed by atoms with E-state index in [0.717, 1.165) is 22.8 Å². The van der Waals surface area contributed by atoms with Crippen LogP contribution in [0, 0.1) is 0 Å². The second-order valence-electron chi connectivity index (χ2n) is 5.08. The highest BCUT2D eigenvalue weighted by molar-refractivity contribution is 5.92. The van der Waals surface area contributed by atoms with Crippen molar-refractivity contribution in [3.8, 4) is 5.75 Å². The zero-order valence-electron chi connectivity index (χ0n) is 12.8. The number of alkyl halides is 2. The highest BCUT2D eigenvalue weighted by Crippen LogP contribution is 2.19. The molecule has 3 aromatic rings. The first kappa shape index (κ1) is 15.9. The minimum absolute atomic E-state index is 0.0698. The Balaban J connectivity index is 1.58. The molecular weight excluding hydrogens is 320 g/mol. The summed E-state index contributed by atoms with van der Waals surface area (Å²) < 4.78 is 30.0. The zero-order valence-corrected chi connectivity index (χ0v) is 12.8. The van der Waals surface area contributed by atoms with E-state index >= 15 is 0 Å². The molecule has 0 fully saturated rings. The molecule has 0 radical (unpaired) electrons. The molecule has 0 aliphatic carbocycles. The van der Waals surface area contributed by atoms with Crippen LogP contribution in [0.3, 0.4) is 0 Å². The normalized spacial score (nSPS) is 11.2. The highest BCUT2D eigenvalue weighted by Gasteiger charge is 2.15. The fourth-order valence-corrected chi connectivity index (χ4v) is 2.24. The molecule has 0 saturated heterocycles. The molecule has 2 heterocycles. The van der Waals surface area contributed by atoms with Gasteiger partial charge in [0.2, 0.25) is 0 Å². The van der Waals surface area contributed by atoms with Gasteiger partial charge in [0.15, 0.2) is 0 Å². The van der Waals surface area contributed by atoms with E-state index < -0.39 is 12.3 Å². The second-order valence-corrected chi connectivity index (χ2v) is 5.08. The van der Waals surface area contributed by atoms with Gasteiger partial charge in [-0.25, -0.2) is 13.8 Å². The van der Waals surface area contributed by atoms with Crippen LogP contribution in [-0.2, 0) is 6.42 Å². The van der Waals surface area contributed by atoms with E-state index in [-0.39, 0.29) is 11.4 Å². The van der Waals surface area contributed by atoms with Crippen molar-refractivity contribution in [2.45, 2.75) is 12.8 Å².